The average Bonchev–Trinajstić information content (AvgIpc) is 3.25. The van der Waals surface area contributed by atoms with Gasteiger partial charge >= 0.3 is 0 Å². The molecule has 1 fully saturated rings. The lowest BCUT2D eigenvalue weighted by Gasteiger charge is -2.35. The van der Waals surface area contributed by atoms with Gasteiger partial charge in [0.2, 0.25) is 14.9 Å². The Balaban J connectivity index is 1.69. The van der Waals surface area contributed by atoms with Gasteiger partial charge in [0.15, 0.2) is 5.65 Å². The van der Waals surface area contributed by atoms with Crippen LogP contribution in [-0.4, -0.2) is 65.9 Å². The molecule has 2 aromatic heterocycles. The number of nitrogens with zero attached hydrogens (tertiary/aromatic N) is 6. The van der Waals surface area contributed by atoms with E-state index in [1.54, 1.807) is 12.1 Å². The fourth-order valence-corrected chi connectivity index (χ4v) is 5.53. The van der Waals surface area contributed by atoms with Crippen molar-refractivity contribution in [2.45, 2.75) is 30.7 Å². The summed E-state index contributed by atoms with van der Waals surface area (Å²) in [6.07, 6.45) is 0. The normalized spacial score (nSPS) is 15.7. The Kier molecular flexibility index (Phi) is 5.10. The molecule has 1 aliphatic rings. The Hall–Kier alpha value is -3.04. The summed E-state index contributed by atoms with van der Waals surface area (Å²) in [6.45, 7) is 10.6. The number of sulfone groups is 1. The van der Waals surface area contributed by atoms with Gasteiger partial charge in [0.25, 0.3) is 0 Å². The average molecular weight is 451 g/mol. The van der Waals surface area contributed by atoms with Gasteiger partial charge in [0, 0.05) is 31.6 Å². The van der Waals surface area contributed by atoms with Crippen LogP contribution >= 0.6 is 0 Å². The number of likely N-dealkylation sites (N-methyl/N-ethyl adjacent to an activating group) is 1. The minimum Gasteiger partial charge on any atom is -0.353 e. The Labute approximate surface area is 187 Å². The largest absolute Gasteiger partial charge is 0.353 e. The summed E-state index contributed by atoms with van der Waals surface area (Å²) in [6, 6.07) is 12.9. The molecule has 0 spiro atoms. The van der Waals surface area contributed by atoms with Gasteiger partial charge in [-0.25, -0.2) is 13.4 Å². The van der Waals surface area contributed by atoms with Crippen LogP contribution < -0.4 is 4.90 Å². The van der Waals surface area contributed by atoms with E-state index < -0.39 is 9.84 Å². The number of hydrogen-bond donors (Lipinski definition) is 0. The molecule has 0 unspecified atom stereocenters. The molecule has 166 valence electrons. The first-order valence-electron chi connectivity index (χ1n) is 10.8. The molecule has 0 aliphatic carbocycles. The maximum atomic E-state index is 13.5. The molecule has 1 saturated heterocycles. The van der Waals surface area contributed by atoms with Gasteiger partial charge in [-0.05, 0) is 55.8 Å². The van der Waals surface area contributed by atoms with Crippen molar-refractivity contribution >= 4 is 32.2 Å². The third-order valence-corrected chi connectivity index (χ3v) is 8.01. The molecular weight excluding hydrogens is 424 g/mol. The highest BCUT2D eigenvalue weighted by atomic mass is 32.2. The predicted octanol–water partition coefficient (Wildman–Crippen LogP) is 2.87. The van der Waals surface area contributed by atoms with E-state index in [0.29, 0.717) is 0 Å². The van der Waals surface area contributed by atoms with Crippen molar-refractivity contribution in [1.29, 1.82) is 0 Å². The van der Waals surface area contributed by atoms with Crippen LogP contribution in [0.5, 0.6) is 0 Å². The number of para-hydroxylation sites is 1. The molecule has 1 aliphatic heterocycles. The molecule has 8 nitrogen and oxygen atoms in total. The van der Waals surface area contributed by atoms with Crippen molar-refractivity contribution in [1.82, 2.24) is 24.7 Å². The molecule has 4 aromatic rings. The van der Waals surface area contributed by atoms with Crippen LogP contribution in [0.2, 0.25) is 0 Å². The SMILES string of the molecule is CCN1CCN(c2nc3c(S(=O)(=O)c4ccc(C)c(C)c4)nnn3c3ccccc23)CC1. The summed E-state index contributed by atoms with van der Waals surface area (Å²) in [7, 11) is -3.87. The standard InChI is InChI=1S/C23H26N6O2S/c1-4-27-11-13-28(14-12-27)21-19-7-5-6-8-20(19)29-22(24-21)23(25-26-29)32(30,31)18-10-9-16(2)17(3)15-18/h5-10,15H,4,11-14H2,1-3H3. The van der Waals surface area contributed by atoms with Crippen LogP contribution in [0.4, 0.5) is 5.82 Å². The maximum Gasteiger partial charge on any atom is 0.229 e. The molecule has 0 N–H and O–H groups in total. The summed E-state index contributed by atoms with van der Waals surface area (Å²) in [4.78, 5) is 9.67. The Morgan fingerprint density at radius 3 is 2.44 bits per heavy atom. The van der Waals surface area contributed by atoms with Crippen molar-refractivity contribution in [3.63, 3.8) is 0 Å². The number of fused-ring (bicyclic) bond motifs is 3. The lowest BCUT2D eigenvalue weighted by molar-refractivity contribution is 0.271. The number of aryl methyl sites for hydroxylation is 2. The monoisotopic (exact) mass is 450 g/mol. The molecule has 0 radical (unpaired) electrons. The van der Waals surface area contributed by atoms with Crippen LogP contribution in [0.1, 0.15) is 18.1 Å². The van der Waals surface area contributed by atoms with Crippen LogP contribution in [0, 0.1) is 13.8 Å². The second-order valence-corrected chi connectivity index (χ2v) is 10.1. The lowest BCUT2D eigenvalue weighted by atomic mass is 10.1. The van der Waals surface area contributed by atoms with Gasteiger partial charge in [-0.3, -0.25) is 0 Å². The second kappa shape index (κ2) is 7.83. The van der Waals surface area contributed by atoms with E-state index in [0.717, 1.165) is 60.6 Å². The second-order valence-electron chi connectivity index (χ2n) is 8.25. The zero-order valence-corrected chi connectivity index (χ0v) is 19.3. The molecule has 5 rings (SSSR count). The minimum absolute atomic E-state index is 0.111. The first-order valence-corrected chi connectivity index (χ1v) is 12.3. The van der Waals surface area contributed by atoms with E-state index >= 15 is 0 Å². The molecule has 3 heterocycles. The van der Waals surface area contributed by atoms with Crippen molar-refractivity contribution in [2.75, 3.05) is 37.6 Å². The fourth-order valence-electron chi connectivity index (χ4n) is 4.21. The smallest absolute Gasteiger partial charge is 0.229 e. The van der Waals surface area contributed by atoms with Crippen LogP contribution in [0.25, 0.3) is 16.6 Å². The number of hydrogen-bond acceptors (Lipinski definition) is 7. The predicted molar refractivity (Wildman–Crippen MR) is 124 cm³/mol. The molecule has 0 bridgehead atoms. The molecule has 0 saturated carbocycles. The molecule has 32 heavy (non-hydrogen) atoms. The highest BCUT2D eigenvalue weighted by Gasteiger charge is 2.28. The first-order chi connectivity index (χ1) is 15.4. The number of rotatable bonds is 4. The summed E-state index contributed by atoms with van der Waals surface area (Å²) in [5.74, 6) is 0.780. The molecule has 0 amide bonds. The number of aromatic nitrogens is 4. The summed E-state index contributed by atoms with van der Waals surface area (Å²) < 4.78 is 28.5. The van der Waals surface area contributed by atoms with E-state index in [-0.39, 0.29) is 15.6 Å². The summed E-state index contributed by atoms with van der Waals surface area (Å²) in [5, 5.41) is 9.11. The quantitative estimate of drug-likeness (QED) is 0.473. The molecule has 0 atom stereocenters. The van der Waals surface area contributed by atoms with Crippen molar-refractivity contribution in [2.24, 2.45) is 0 Å². The summed E-state index contributed by atoms with van der Waals surface area (Å²) >= 11 is 0. The molecular formula is C23H26N6O2S. The zero-order chi connectivity index (χ0) is 22.5. The third kappa shape index (κ3) is 3.32. The molecule has 9 heteroatoms. The van der Waals surface area contributed by atoms with E-state index in [1.807, 2.05) is 44.2 Å². The fraction of sp³-hybridized carbons (Fsp3) is 0.348. The van der Waals surface area contributed by atoms with E-state index in [2.05, 4.69) is 27.0 Å². The number of anilines is 1. The van der Waals surface area contributed by atoms with Crippen molar-refractivity contribution in [3.8, 4) is 0 Å². The van der Waals surface area contributed by atoms with E-state index in [1.165, 1.54) is 4.52 Å². The highest BCUT2D eigenvalue weighted by Crippen LogP contribution is 2.30. The number of piperazine rings is 1. The lowest BCUT2D eigenvalue weighted by Crippen LogP contribution is -2.46. The topological polar surface area (TPSA) is 83.7 Å². The van der Waals surface area contributed by atoms with Gasteiger partial charge in [0.1, 0.15) is 5.82 Å². The van der Waals surface area contributed by atoms with Crippen molar-refractivity contribution < 1.29 is 8.42 Å². The van der Waals surface area contributed by atoms with Gasteiger partial charge < -0.3 is 9.80 Å². The zero-order valence-electron chi connectivity index (χ0n) is 18.5. The van der Waals surface area contributed by atoms with Gasteiger partial charge in [-0.1, -0.05) is 30.3 Å². The van der Waals surface area contributed by atoms with Gasteiger partial charge in [-0.15, -0.1) is 5.10 Å². The summed E-state index contributed by atoms with van der Waals surface area (Å²) in [5.41, 5.74) is 3.00. The van der Waals surface area contributed by atoms with E-state index in [9.17, 15) is 8.42 Å². The van der Waals surface area contributed by atoms with Crippen molar-refractivity contribution in [3.05, 3.63) is 53.6 Å². The molecule has 2 aromatic carbocycles. The third-order valence-electron chi connectivity index (χ3n) is 6.36. The first kappa shape index (κ1) is 20.8. The number of benzene rings is 2. The van der Waals surface area contributed by atoms with Crippen LogP contribution in [0.3, 0.4) is 0 Å². The van der Waals surface area contributed by atoms with Gasteiger partial charge in [0.05, 0.1) is 10.4 Å². The Morgan fingerprint density at radius 1 is 0.969 bits per heavy atom. The minimum atomic E-state index is -3.87. The van der Waals surface area contributed by atoms with Gasteiger partial charge in [-0.2, -0.15) is 4.52 Å². The Bertz CT molecular complexity index is 1420. The van der Waals surface area contributed by atoms with Crippen LogP contribution in [0.15, 0.2) is 52.4 Å². The maximum absolute atomic E-state index is 13.5. The van der Waals surface area contributed by atoms with E-state index in [4.69, 9.17) is 4.98 Å². The highest BCUT2D eigenvalue weighted by molar-refractivity contribution is 7.91. The van der Waals surface area contributed by atoms with Crippen LogP contribution in [-0.2, 0) is 9.84 Å². The Morgan fingerprint density at radius 2 is 1.72 bits per heavy atom.